The number of amides is 2. The zero-order valence-electron chi connectivity index (χ0n) is 9.19. The van der Waals surface area contributed by atoms with Gasteiger partial charge < -0.3 is 10.6 Å². The Bertz CT molecular complexity index is 352. The lowest BCUT2D eigenvalue weighted by Gasteiger charge is -2.05. The molecule has 0 bridgehead atoms. The summed E-state index contributed by atoms with van der Waals surface area (Å²) >= 11 is 0. The molecular weight excluding hydrogens is 206 g/mol. The smallest absolute Gasteiger partial charge is 0.309 e. The van der Waals surface area contributed by atoms with Crippen molar-refractivity contribution in [3.05, 3.63) is 30.1 Å². The molecule has 5 heteroatoms. The van der Waals surface area contributed by atoms with Gasteiger partial charge in [-0.15, -0.1) is 0 Å². The van der Waals surface area contributed by atoms with Crippen molar-refractivity contribution >= 4 is 11.8 Å². The fraction of sp³-hybridized carbons (Fsp3) is 0.364. The maximum atomic E-state index is 11.3. The highest BCUT2D eigenvalue weighted by Gasteiger charge is 2.11. The molecule has 2 N–H and O–H groups in total. The van der Waals surface area contributed by atoms with Gasteiger partial charge in [-0.05, 0) is 18.1 Å². The van der Waals surface area contributed by atoms with Crippen LogP contribution in [0.1, 0.15) is 18.9 Å². The van der Waals surface area contributed by atoms with Crippen molar-refractivity contribution in [2.45, 2.75) is 19.9 Å². The highest BCUT2D eigenvalue weighted by molar-refractivity contribution is 6.35. The molecule has 0 unspecified atom stereocenters. The lowest BCUT2D eigenvalue weighted by Crippen LogP contribution is -2.39. The first kappa shape index (κ1) is 12.2. The molecular formula is C11H15N3O2. The van der Waals surface area contributed by atoms with E-state index in [4.69, 9.17) is 0 Å². The quantitative estimate of drug-likeness (QED) is 0.715. The highest BCUT2D eigenvalue weighted by atomic mass is 16.2. The number of rotatable bonds is 4. The maximum absolute atomic E-state index is 11.3. The number of carbonyl (C=O) groups is 2. The minimum absolute atomic E-state index is 0.312. The van der Waals surface area contributed by atoms with Crippen LogP contribution in [0.2, 0.25) is 0 Å². The third kappa shape index (κ3) is 4.08. The molecule has 0 aromatic carbocycles. The molecule has 86 valence electrons. The van der Waals surface area contributed by atoms with E-state index in [2.05, 4.69) is 15.6 Å². The number of hydrogen-bond donors (Lipinski definition) is 2. The summed E-state index contributed by atoms with van der Waals surface area (Å²) in [6, 6.07) is 3.61. The molecule has 1 aromatic heterocycles. The van der Waals surface area contributed by atoms with Crippen LogP contribution >= 0.6 is 0 Å². The fourth-order valence-corrected chi connectivity index (χ4v) is 1.08. The van der Waals surface area contributed by atoms with Gasteiger partial charge in [0.05, 0.1) is 0 Å². The van der Waals surface area contributed by atoms with E-state index in [9.17, 15) is 9.59 Å². The molecule has 0 saturated carbocycles. The largest absolute Gasteiger partial charge is 0.348 e. The molecule has 0 radical (unpaired) electrons. The number of pyridine rings is 1. The first-order valence-corrected chi connectivity index (χ1v) is 5.19. The first-order valence-electron chi connectivity index (χ1n) is 5.19. The predicted molar refractivity (Wildman–Crippen MR) is 59.4 cm³/mol. The molecule has 16 heavy (non-hydrogen) atoms. The second kappa shape index (κ2) is 6.55. The van der Waals surface area contributed by atoms with Crippen molar-refractivity contribution in [1.82, 2.24) is 15.6 Å². The second-order valence-electron chi connectivity index (χ2n) is 3.30. The Balaban J connectivity index is 2.32. The van der Waals surface area contributed by atoms with Gasteiger partial charge in [0.25, 0.3) is 0 Å². The fourth-order valence-electron chi connectivity index (χ4n) is 1.08. The monoisotopic (exact) mass is 221 g/mol. The van der Waals surface area contributed by atoms with Gasteiger partial charge in [-0.1, -0.05) is 13.0 Å². The minimum Gasteiger partial charge on any atom is -0.348 e. The topological polar surface area (TPSA) is 71.1 Å². The summed E-state index contributed by atoms with van der Waals surface area (Å²) in [5.74, 6) is -1.21. The summed E-state index contributed by atoms with van der Waals surface area (Å²) in [4.78, 5) is 26.4. The highest BCUT2D eigenvalue weighted by Crippen LogP contribution is 1.93. The zero-order chi connectivity index (χ0) is 11.8. The Morgan fingerprint density at radius 3 is 2.69 bits per heavy atom. The Hall–Kier alpha value is -1.91. The van der Waals surface area contributed by atoms with Gasteiger partial charge in [0.1, 0.15) is 0 Å². The van der Waals surface area contributed by atoms with Crippen LogP contribution in [-0.4, -0.2) is 23.3 Å². The molecule has 2 amide bonds. The van der Waals surface area contributed by atoms with Crippen molar-refractivity contribution < 1.29 is 9.59 Å². The Labute approximate surface area is 94.3 Å². The zero-order valence-corrected chi connectivity index (χ0v) is 9.19. The van der Waals surface area contributed by atoms with Crippen molar-refractivity contribution in [3.8, 4) is 0 Å². The number of nitrogens with one attached hydrogen (secondary N) is 2. The van der Waals surface area contributed by atoms with Crippen molar-refractivity contribution in [1.29, 1.82) is 0 Å². The lowest BCUT2D eigenvalue weighted by molar-refractivity contribution is -0.139. The van der Waals surface area contributed by atoms with E-state index in [1.54, 1.807) is 18.5 Å². The van der Waals surface area contributed by atoms with E-state index in [1.165, 1.54) is 0 Å². The van der Waals surface area contributed by atoms with Crippen LogP contribution in [-0.2, 0) is 16.1 Å². The molecule has 0 aliphatic rings. The normalized spacial score (nSPS) is 9.56. The van der Waals surface area contributed by atoms with Gasteiger partial charge in [-0.3, -0.25) is 14.6 Å². The average molecular weight is 221 g/mol. The molecule has 1 aromatic rings. The van der Waals surface area contributed by atoms with Crippen LogP contribution in [0.4, 0.5) is 0 Å². The molecule has 0 aliphatic carbocycles. The Kier molecular flexibility index (Phi) is 4.98. The van der Waals surface area contributed by atoms with Crippen LogP contribution in [0.5, 0.6) is 0 Å². The molecule has 5 nitrogen and oxygen atoms in total. The van der Waals surface area contributed by atoms with Gasteiger partial charge in [0.15, 0.2) is 0 Å². The summed E-state index contributed by atoms with van der Waals surface area (Å²) < 4.78 is 0. The molecule has 1 heterocycles. The number of hydrogen-bond acceptors (Lipinski definition) is 3. The summed E-state index contributed by atoms with van der Waals surface area (Å²) in [5, 5.41) is 5.02. The van der Waals surface area contributed by atoms with Gasteiger partial charge in [0, 0.05) is 25.5 Å². The third-order valence-corrected chi connectivity index (χ3v) is 1.92. The van der Waals surface area contributed by atoms with Gasteiger partial charge in [-0.25, -0.2) is 0 Å². The van der Waals surface area contributed by atoms with E-state index < -0.39 is 11.8 Å². The molecule has 0 aliphatic heterocycles. The van der Waals surface area contributed by atoms with Gasteiger partial charge in [-0.2, -0.15) is 0 Å². The maximum Gasteiger partial charge on any atom is 0.309 e. The van der Waals surface area contributed by atoms with Crippen LogP contribution < -0.4 is 10.6 Å². The molecule has 0 atom stereocenters. The standard InChI is InChI=1S/C11H15N3O2/c1-2-5-13-10(15)11(16)14-8-9-4-3-6-12-7-9/h3-4,6-7H,2,5,8H2,1H3,(H,13,15)(H,14,16). The van der Waals surface area contributed by atoms with Crippen LogP contribution in [0.15, 0.2) is 24.5 Å². The van der Waals surface area contributed by atoms with E-state index in [1.807, 2.05) is 13.0 Å². The van der Waals surface area contributed by atoms with Gasteiger partial charge in [0.2, 0.25) is 0 Å². The predicted octanol–water partition coefficient (Wildman–Crippen LogP) is 0.224. The Morgan fingerprint density at radius 2 is 2.06 bits per heavy atom. The molecule has 0 fully saturated rings. The van der Waals surface area contributed by atoms with Crippen LogP contribution in [0.25, 0.3) is 0 Å². The number of aromatic nitrogens is 1. The Morgan fingerprint density at radius 1 is 1.31 bits per heavy atom. The summed E-state index contributed by atoms with van der Waals surface area (Å²) in [5.41, 5.74) is 0.860. The van der Waals surface area contributed by atoms with Crippen LogP contribution in [0.3, 0.4) is 0 Å². The van der Waals surface area contributed by atoms with Crippen molar-refractivity contribution in [3.63, 3.8) is 0 Å². The van der Waals surface area contributed by atoms with Crippen LogP contribution in [0, 0.1) is 0 Å². The van der Waals surface area contributed by atoms with E-state index in [-0.39, 0.29) is 0 Å². The number of carbonyl (C=O) groups excluding carboxylic acids is 2. The first-order chi connectivity index (χ1) is 7.74. The molecule has 1 rings (SSSR count). The summed E-state index contributed by atoms with van der Waals surface area (Å²) in [6.45, 7) is 2.75. The average Bonchev–Trinajstić information content (AvgIpc) is 2.34. The minimum atomic E-state index is -0.614. The van der Waals surface area contributed by atoms with E-state index >= 15 is 0 Å². The molecule has 0 spiro atoms. The number of nitrogens with zero attached hydrogens (tertiary/aromatic N) is 1. The van der Waals surface area contributed by atoms with Crippen molar-refractivity contribution in [2.24, 2.45) is 0 Å². The van der Waals surface area contributed by atoms with Crippen molar-refractivity contribution in [2.75, 3.05) is 6.54 Å². The van der Waals surface area contributed by atoms with E-state index in [0.717, 1.165) is 12.0 Å². The SMILES string of the molecule is CCCNC(=O)C(=O)NCc1cccnc1. The van der Waals surface area contributed by atoms with Gasteiger partial charge >= 0.3 is 11.8 Å². The third-order valence-electron chi connectivity index (χ3n) is 1.92. The molecule has 0 saturated heterocycles. The summed E-state index contributed by atoms with van der Waals surface area (Å²) in [7, 11) is 0. The lowest BCUT2D eigenvalue weighted by atomic mass is 10.3. The summed E-state index contributed by atoms with van der Waals surface area (Å²) in [6.07, 6.45) is 4.10. The second-order valence-corrected chi connectivity index (χ2v) is 3.30. The van der Waals surface area contributed by atoms with E-state index in [0.29, 0.717) is 13.1 Å².